The van der Waals surface area contributed by atoms with Crippen LogP contribution in [0.3, 0.4) is 0 Å². The second kappa shape index (κ2) is 5.28. The molecule has 0 aliphatic carbocycles. The van der Waals surface area contributed by atoms with Crippen molar-refractivity contribution in [1.82, 2.24) is 0 Å². The summed E-state index contributed by atoms with van der Waals surface area (Å²) >= 11 is 0. The summed E-state index contributed by atoms with van der Waals surface area (Å²) in [6, 6.07) is 2.57. The average Bonchev–Trinajstić information content (AvgIpc) is 2.73. The number of anilines is 2. The van der Waals surface area contributed by atoms with Crippen molar-refractivity contribution in [3.05, 3.63) is 23.5 Å². The molecule has 20 heavy (non-hydrogen) atoms. The summed E-state index contributed by atoms with van der Waals surface area (Å²) in [7, 11) is 1.25. The zero-order valence-corrected chi connectivity index (χ0v) is 11.8. The van der Waals surface area contributed by atoms with Crippen LogP contribution >= 0.6 is 0 Å². The van der Waals surface area contributed by atoms with Crippen molar-refractivity contribution in [3.8, 4) is 0 Å². The molecule has 1 aliphatic heterocycles. The lowest BCUT2D eigenvalue weighted by atomic mass is 9.87. The standard InChI is InChI=1S/C14H19FN2O3/c1-14(2)7-20-6-11(14)17-10-5-8(13(18)19-3)4-9(15)12(10)16/h4-5,11,17H,6-7,16H2,1-3H3/t11-/m1/s1. The zero-order valence-electron chi connectivity index (χ0n) is 11.8. The maximum absolute atomic E-state index is 13.8. The molecule has 3 N–H and O–H groups in total. The first kappa shape index (κ1) is 14.6. The summed E-state index contributed by atoms with van der Waals surface area (Å²) in [4.78, 5) is 11.5. The summed E-state index contributed by atoms with van der Waals surface area (Å²) in [6.07, 6.45) is 0. The monoisotopic (exact) mass is 282 g/mol. The molecule has 0 spiro atoms. The van der Waals surface area contributed by atoms with Gasteiger partial charge < -0.3 is 20.5 Å². The summed E-state index contributed by atoms with van der Waals surface area (Å²) in [5, 5.41) is 3.16. The van der Waals surface area contributed by atoms with E-state index in [0.29, 0.717) is 18.9 Å². The van der Waals surface area contributed by atoms with Crippen molar-refractivity contribution >= 4 is 17.3 Å². The van der Waals surface area contributed by atoms with Crippen LogP contribution in [0.1, 0.15) is 24.2 Å². The number of hydrogen-bond donors (Lipinski definition) is 2. The van der Waals surface area contributed by atoms with Crippen LogP contribution in [0.15, 0.2) is 12.1 Å². The Morgan fingerprint density at radius 2 is 2.25 bits per heavy atom. The number of nitrogen functional groups attached to an aromatic ring is 1. The molecule has 110 valence electrons. The molecule has 1 aromatic rings. The van der Waals surface area contributed by atoms with Crippen molar-refractivity contribution in [2.75, 3.05) is 31.4 Å². The number of carbonyl (C=O) groups is 1. The first-order valence-corrected chi connectivity index (χ1v) is 6.37. The molecule has 0 bridgehead atoms. The highest BCUT2D eigenvalue weighted by atomic mass is 19.1. The van der Waals surface area contributed by atoms with Crippen LogP contribution in [0, 0.1) is 11.2 Å². The molecule has 2 rings (SSSR count). The largest absolute Gasteiger partial charge is 0.465 e. The highest BCUT2D eigenvalue weighted by Gasteiger charge is 2.36. The molecule has 1 saturated heterocycles. The first-order chi connectivity index (χ1) is 9.35. The fraction of sp³-hybridized carbons (Fsp3) is 0.500. The molecule has 0 amide bonds. The van der Waals surface area contributed by atoms with E-state index in [9.17, 15) is 9.18 Å². The maximum atomic E-state index is 13.8. The number of hydrogen-bond acceptors (Lipinski definition) is 5. The quantitative estimate of drug-likeness (QED) is 0.655. The summed E-state index contributed by atoms with van der Waals surface area (Å²) in [5.74, 6) is -1.25. The average molecular weight is 282 g/mol. The molecule has 0 saturated carbocycles. The van der Waals surface area contributed by atoms with E-state index >= 15 is 0 Å². The third-order valence-corrected chi connectivity index (χ3v) is 3.58. The predicted octanol–water partition coefficient (Wildman–Crippen LogP) is 2.03. The lowest BCUT2D eigenvalue weighted by Gasteiger charge is -2.27. The Kier molecular flexibility index (Phi) is 3.85. The molecule has 1 fully saturated rings. The first-order valence-electron chi connectivity index (χ1n) is 6.37. The minimum atomic E-state index is -0.646. The number of methoxy groups -OCH3 is 1. The molecule has 5 nitrogen and oxygen atoms in total. The van der Waals surface area contributed by atoms with Gasteiger partial charge in [-0.3, -0.25) is 0 Å². The minimum absolute atomic E-state index is 0.00269. The zero-order chi connectivity index (χ0) is 14.9. The maximum Gasteiger partial charge on any atom is 0.338 e. The Morgan fingerprint density at radius 1 is 1.55 bits per heavy atom. The van der Waals surface area contributed by atoms with Crippen molar-refractivity contribution in [2.45, 2.75) is 19.9 Å². The highest BCUT2D eigenvalue weighted by Crippen LogP contribution is 2.33. The van der Waals surface area contributed by atoms with Gasteiger partial charge in [0, 0.05) is 5.41 Å². The van der Waals surface area contributed by atoms with E-state index < -0.39 is 11.8 Å². The van der Waals surface area contributed by atoms with E-state index in [0.717, 1.165) is 6.07 Å². The SMILES string of the molecule is COC(=O)c1cc(F)c(N)c(N[C@@H]2COCC2(C)C)c1. The van der Waals surface area contributed by atoms with Gasteiger partial charge in [0.25, 0.3) is 0 Å². The fourth-order valence-electron chi connectivity index (χ4n) is 2.16. The van der Waals surface area contributed by atoms with Crippen LogP contribution < -0.4 is 11.1 Å². The van der Waals surface area contributed by atoms with Gasteiger partial charge in [0.1, 0.15) is 5.82 Å². The van der Waals surface area contributed by atoms with Gasteiger partial charge in [-0.05, 0) is 12.1 Å². The Labute approximate surface area is 117 Å². The van der Waals surface area contributed by atoms with Gasteiger partial charge in [-0.1, -0.05) is 13.8 Å². The van der Waals surface area contributed by atoms with E-state index in [1.807, 2.05) is 13.8 Å². The van der Waals surface area contributed by atoms with E-state index in [4.69, 9.17) is 10.5 Å². The van der Waals surface area contributed by atoms with E-state index in [2.05, 4.69) is 10.1 Å². The summed E-state index contributed by atoms with van der Waals surface area (Å²) in [5.41, 5.74) is 6.13. The summed E-state index contributed by atoms with van der Waals surface area (Å²) < 4.78 is 23.8. The molecule has 1 heterocycles. The fourth-order valence-corrected chi connectivity index (χ4v) is 2.16. The Bertz CT molecular complexity index is 531. The van der Waals surface area contributed by atoms with Gasteiger partial charge in [0.05, 0.1) is 43.3 Å². The molecule has 1 aromatic carbocycles. The van der Waals surface area contributed by atoms with Gasteiger partial charge in [0.2, 0.25) is 0 Å². The Morgan fingerprint density at radius 3 is 2.80 bits per heavy atom. The number of nitrogens with two attached hydrogens (primary N) is 1. The number of halogens is 1. The van der Waals surface area contributed by atoms with Crippen LogP contribution in [-0.4, -0.2) is 32.3 Å². The van der Waals surface area contributed by atoms with Gasteiger partial charge in [-0.25, -0.2) is 9.18 Å². The highest BCUT2D eigenvalue weighted by molar-refractivity contribution is 5.92. The Balaban J connectivity index is 2.31. The Hall–Kier alpha value is -1.82. The van der Waals surface area contributed by atoms with Crippen LogP contribution in [-0.2, 0) is 9.47 Å². The molecule has 1 atom stereocenters. The van der Waals surface area contributed by atoms with Crippen LogP contribution in [0.4, 0.5) is 15.8 Å². The third-order valence-electron chi connectivity index (χ3n) is 3.58. The lowest BCUT2D eigenvalue weighted by molar-refractivity contribution is 0.0600. The van der Waals surface area contributed by atoms with E-state index in [1.54, 1.807) is 0 Å². The van der Waals surface area contributed by atoms with E-state index in [-0.39, 0.29) is 22.7 Å². The molecule has 1 aliphatic rings. The number of rotatable bonds is 3. The van der Waals surface area contributed by atoms with Crippen molar-refractivity contribution < 1.29 is 18.7 Å². The van der Waals surface area contributed by atoms with Crippen LogP contribution in [0.2, 0.25) is 0 Å². The van der Waals surface area contributed by atoms with Gasteiger partial charge in [0.15, 0.2) is 0 Å². The van der Waals surface area contributed by atoms with Crippen molar-refractivity contribution in [2.24, 2.45) is 5.41 Å². The van der Waals surface area contributed by atoms with Gasteiger partial charge >= 0.3 is 5.97 Å². The number of benzene rings is 1. The normalized spacial score (nSPS) is 20.7. The lowest BCUT2D eigenvalue weighted by Crippen LogP contribution is -2.35. The second-order valence-electron chi connectivity index (χ2n) is 5.61. The predicted molar refractivity (Wildman–Crippen MR) is 74.2 cm³/mol. The molecule has 0 unspecified atom stereocenters. The third kappa shape index (κ3) is 2.70. The minimum Gasteiger partial charge on any atom is -0.465 e. The van der Waals surface area contributed by atoms with E-state index in [1.165, 1.54) is 13.2 Å². The second-order valence-corrected chi connectivity index (χ2v) is 5.61. The molecule has 0 aromatic heterocycles. The van der Waals surface area contributed by atoms with Gasteiger partial charge in [-0.15, -0.1) is 0 Å². The van der Waals surface area contributed by atoms with Gasteiger partial charge in [-0.2, -0.15) is 0 Å². The number of ether oxygens (including phenoxy) is 2. The van der Waals surface area contributed by atoms with Crippen LogP contribution in [0.25, 0.3) is 0 Å². The smallest absolute Gasteiger partial charge is 0.338 e. The molecular weight excluding hydrogens is 263 g/mol. The number of carbonyl (C=O) groups excluding carboxylic acids is 1. The number of esters is 1. The topological polar surface area (TPSA) is 73.6 Å². The molecular formula is C14H19FN2O3. The number of nitrogens with one attached hydrogen (secondary N) is 1. The van der Waals surface area contributed by atoms with Crippen LogP contribution in [0.5, 0.6) is 0 Å². The molecule has 0 radical (unpaired) electrons. The molecule has 6 heteroatoms. The van der Waals surface area contributed by atoms with Crippen molar-refractivity contribution in [3.63, 3.8) is 0 Å². The summed E-state index contributed by atoms with van der Waals surface area (Å²) in [6.45, 7) is 5.23. The van der Waals surface area contributed by atoms with Crippen molar-refractivity contribution in [1.29, 1.82) is 0 Å².